The van der Waals surface area contributed by atoms with E-state index >= 15 is 0 Å². The van der Waals surface area contributed by atoms with Crippen LogP contribution in [0.3, 0.4) is 0 Å². The minimum absolute atomic E-state index is 0.0302. The van der Waals surface area contributed by atoms with Gasteiger partial charge in [0, 0.05) is 6.54 Å². The number of hydrogen-bond acceptors (Lipinski definition) is 5. The summed E-state index contributed by atoms with van der Waals surface area (Å²) in [5.74, 6) is 1.06. The van der Waals surface area contributed by atoms with Crippen LogP contribution in [-0.2, 0) is 22.4 Å². The van der Waals surface area contributed by atoms with Crippen LogP contribution in [0.5, 0.6) is 11.5 Å². The molecule has 186 valence electrons. The number of ether oxygens (including phenoxy) is 3. The normalized spacial score (nSPS) is 11.0. The number of carbonyl (C=O) groups is 2. The van der Waals surface area contributed by atoms with E-state index in [1.165, 1.54) is 16.7 Å². The van der Waals surface area contributed by atoms with Crippen LogP contribution in [0, 0.1) is 13.8 Å². The van der Waals surface area contributed by atoms with E-state index < -0.39 is 11.7 Å². The van der Waals surface area contributed by atoms with Crippen molar-refractivity contribution in [1.29, 1.82) is 0 Å². The van der Waals surface area contributed by atoms with Crippen LogP contribution in [0.1, 0.15) is 49.4 Å². The minimum atomic E-state index is -0.545. The highest BCUT2D eigenvalue weighted by Gasteiger charge is 2.15. The summed E-state index contributed by atoms with van der Waals surface area (Å²) in [4.78, 5) is 24.0. The predicted octanol–water partition coefficient (Wildman–Crippen LogP) is 4.51. The molecule has 0 spiro atoms. The van der Waals surface area contributed by atoms with Crippen molar-refractivity contribution in [3.05, 3.63) is 58.7 Å². The van der Waals surface area contributed by atoms with E-state index in [-0.39, 0.29) is 18.9 Å². The molecule has 0 aliphatic carbocycles. The van der Waals surface area contributed by atoms with E-state index in [1.807, 2.05) is 26.8 Å². The molecule has 0 heterocycles. The summed E-state index contributed by atoms with van der Waals surface area (Å²) in [6, 6.07) is 11.9. The monoisotopic (exact) mass is 470 g/mol. The van der Waals surface area contributed by atoms with Gasteiger partial charge in [-0.3, -0.25) is 4.79 Å². The van der Waals surface area contributed by atoms with Crippen molar-refractivity contribution in [3.63, 3.8) is 0 Å². The summed E-state index contributed by atoms with van der Waals surface area (Å²) < 4.78 is 16.3. The van der Waals surface area contributed by atoms with Gasteiger partial charge in [-0.25, -0.2) is 4.79 Å². The molecule has 2 aromatic rings. The fourth-order valence-corrected chi connectivity index (χ4v) is 3.30. The van der Waals surface area contributed by atoms with Gasteiger partial charge in [0.1, 0.15) is 12.2 Å². The van der Waals surface area contributed by atoms with Crippen LogP contribution in [0.15, 0.2) is 36.4 Å². The molecule has 0 saturated carbocycles. The molecular formula is C27H38N2O5. The molecule has 0 aromatic heterocycles. The lowest BCUT2D eigenvalue weighted by molar-refractivity contribution is -0.120. The van der Waals surface area contributed by atoms with Crippen LogP contribution in [0.25, 0.3) is 0 Å². The van der Waals surface area contributed by atoms with Crippen LogP contribution >= 0.6 is 0 Å². The van der Waals surface area contributed by atoms with E-state index in [1.54, 1.807) is 19.2 Å². The van der Waals surface area contributed by atoms with Gasteiger partial charge in [-0.05, 0) is 81.8 Å². The Hall–Kier alpha value is -3.22. The second-order valence-corrected chi connectivity index (χ2v) is 9.31. The standard InChI is InChI=1S/C27H38N2O5/c1-19-9-10-21(16-20(19)2)8-7-13-28-25(30)18-22-11-12-23(24(17-22)32-6)33-15-14-29-26(31)34-27(3,4)5/h9-12,16-17H,7-8,13-15,18H2,1-6H3,(H,28,30)(H,29,31). The number of rotatable bonds is 11. The highest BCUT2D eigenvalue weighted by Crippen LogP contribution is 2.28. The maximum absolute atomic E-state index is 12.3. The van der Waals surface area contributed by atoms with Crippen molar-refractivity contribution < 1.29 is 23.8 Å². The molecule has 2 amide bonds. The Bertz CT molecular complexity index is 966. The summed E-state index contributed by atoms with van der Waals surface area (Å²) in [5.41, 5.74) is 4.17. The maximum Gasteiger partial charge on any atom is 0.407 e. The molecule has 7 heteroatoms. The number of methoxy groups -OCH3 is 1. The highest BCUT2D eigenvalue weighted by atomic mass is 16.6. The van der Waals surface area contributed by atoms with Crippen molar-refractivity contribution in [2.24, 2.45) is 0 Å². The predicted molar refractivity (Wildman–Crippen MR) is 134 cm³/mol. The number of alkyl carbamates (subject to hydrolysis) is 1. The Balaban J connectivity index is 1.74. The topological polar surface area (TPSA) is 85.9 Å². The summed E-state index contributed by atoms with van der Waals surface area (Å²) in [5, 5.41) is 5.63. The Morgan fingerprint density at radius 3 is 2.29 bits per heavy atom. The van der Waals surface area contributed by atoms with Gasteiger partial charge in [0.15, 0.2) is 11.5 Å². The van der Waals surface area contributed by atoms with Crippen molar-refractivity contribution in [2.45, 2.75) is 59.5 Å². The number of nitrogens with one attached hydrogen (secondary N) is 2. The molecule has 2 aromatic carbocycles. The van der Waals surface area contributed by atoms with Gasteiger partial charge in [-0.1, -0.05) is 24.3 Å². The molecule has 0 unspecified atom stereocenters. The smallest absolute Gasteiger partial charge is 0.407 e. The zero-order valence-electron chi connectivity index (χ0n) is 21.2. The molecule has 0 fully saturated rings. The third kappa shape index (κ3) is 9.73. The first-order chi connectivity index (χ1) is 16.1. The van der Waals surface area contributed by atoms with Crippen LogP contribution in [0.2, 0.25) is 0 Å². The number of amides is 2. The van der Waals surface area contributed by atoms with Crippen LogP contribution in [0.4, 0.5) is 4.79 Å². The first kappa shape index (κ1) is 27.0. The van der Waals surface area contributed by atoms with Gasteiger partial charge in [0.05, 0.1) is 20.1 Å². The summed E-state index contributed by atoms with van der Waals surface area (Å²) in [7, 11) is 1.55. The van der Waals surface area contributed by atoms with E-state index in [0.29, 0.717) is 24.6 Å². The summed E-state index contributed by atoms with van der Waals surface area (Å²) >= 11 is 0. The van der Waals surface area contributed by atoms with E-state index in [2.05, 4.69) is 42.7 Å². The van der Waals surface area contributed by atoms with E-state index in [0.717, 1.165) is 18.4 Å². The van der Waals surface area contributed by atoms with E-state index in [4.69, 9.17) is 14.2 Å². The largest absolute Gasteiger partial charge is 0.493 e. The van der Waals surface area contributed by atoms with Gasteiger partial charge in [0.25, 0.3) is 0 Å². The Labute approximate surface area is 203 Å². The average Bonchev–Trinajstić information content (AvgIpc) is 2.76. The van der Waals surface area contributed by atoms with Gasteiger partial charge >= 0.3 is 6.09 Å². The highest BCUT2D eigenvalue weighted by molar-refractivity contribution is 5.78. The Morgan fingerprint density at radius 2 is 1.62 bits per heavy atom. The summed E-state index contributed by atoms with van der Waals surface area (Å²) in [6.07, 6.45) is 1.60. The zero-order chi connectivity index (χ0) is 25.1. The Morgan fingerprint density at radius 1 is 0.882 bits per heavy atom. The van der Waals surface area contributed by atoms with Crippen LogP contribution in [-0.4, -0.2) is 44.4 Å². The molecule has 0 radical (unpaired) electrons. The van der Waals surface area contributed by atoms with Gasteiger partial charge in [-0.2, -0.15) is 0 Å². The van der Waals surface area contributed by atoms with E-state index in [9.17, 15) is 9.59 Å². The lowest BCUT2D eigenvalue weighted by Gasteiger charge is -2.19. The SMILES string of the molecule is COc1cc(CC(=O)NCCCc2ccc(C)c(C)c2)ccc1OCCNC(=O)OC(C)(C)C. The molecule has 7 nitrogen and oxygen atoms in total. The average molecular weight is 471 g/mol. The van der Waals surface area contributed by atoms with Crippen molar-refractivity contribution in [3.8, 4) is 11.5 Å². The number of aryl methyl sites for hydroxylation is 3. The molecule has 34 heavy (non-hydrogen) atoms. The molecule has 2 rings (SSSR count). The minimum Gasteiger partial charge on any atom is -0.493 e. The van der Waals surface area contributed by atoms with Gasteiger partial charge in [-0.15, -0.1) is 0 Å². The quantitative estimate of drug-likeness (QED) is 0.472. The second-order valence-electron chi connectivity index (χ2n) is 9.31. The maximum atomic E-state index is 12.3. The third-order valence-corrected chi connectivity index (χ3v) is 5.16. The lowest BCUT2D eigenvalue weighted by Crippen LogP contribution is -2.34. The first-order valence-corrected chi connectivity index (χ1v) is 11.7. The van der Waals surface area contributed by atoms with Gasteiger partial charge < -0.3 is 24.8 Å². The molecule has 0 atom stereocenters. The molecule has 0 bridgehead atoms. The number of carbonyl (C=O) groups excluding carboxylic acids is 2. The molecule has 2 N–H and O–H groups in total. The third-order valence-electron chi connectivity index (χ3n) is 5.16. The Kier molecular flexibility index (Phi) is 10.2. The summed E-state index contributed by atoms with van der Waals surface area (Å²) in [6.45, 7) is 10.8. The fourth-order valence-electron chi connectivity index (χ4n) is 3.30. The number of hydrogen-bond donors (Lipinski definition) is 2. The zero-order valence-corrected chi connectivity index (χ0v) is 21.2. The van der Waals surface area contributed by atoms with Crippen LogP contribution < -0.4 is 20.1 Å². The molecule has 0 saturated heterocycles. The second kappa shape index (κ2) is 12.9. The molecule has 0 aliphatic heterocycles. The fraction of sp³-hybridized carbons (Fsp3) is 0.481. The lowest BCUT2D eigenvalue weighted by atomic mass is 10.0. The first-order valence-electron chi connectivity index (χ1n) is 11.7. The van der Waals surface area contributed by atoms with Gasteiger partial charge in [0.2, 0.25) is 5.91 Å². The number of benzene rings is 2. The van der Waals surface area contributed by atoms with Crippen molar-refractivity contribution in [2.75, 3.05) is 26.8 Å². The van der Waals surface area contributed by atoms with Crippen molar-refractivity contribution in [1.82, 2.24) is 10.6 Å². The molecule has 0 aliphatic rings. The molecular weight excluding hydrogens is 432 g/mol. The van der Waals surface area contributed by atoms with Crippen molar-refractivity contribution >= 4 is 12.0 Å².